The molecule has 0 heterocycles. The molecular formula is C12H13NO4. The van der Waals surface area contributed by atoms with E-state index < -0.39 is 0 Å². The molecule has 0 bridgehead atoms. The number of benzene rings is 1. The highest BCUT2D eigenvalue weighted by atomic mass is 16.5. The molecule has 1 aromatic rings. The Morgan fingerprint density at radius 2 is 1.94 bits per heavy atom. The molecule has 0 radical (unpaired) electrons. The summed E-state index contributed by atoms with van der Waals surface area (Å²) in [5, 5.41) is 2.59. The van der Waals surface area contributed by atoms with Crippen molar-refractivity contribution in [2.24, 2.45) is 0 Å². The van der Waals surface area contributed by atoms with E-state index in [2.05, 4.69) is 10.1 Å². The number of aldehydes is 1. The van der Waals surface area contributed by atoms with Gasteiger partial charge in [-0.3, -0.25) is 14.4 Å². The minimum absolute atomic E-state index is 0.146. The van der Waals surface area contributed by atoms with Gasteiger partial charge in [0.15, 0.2) is 0 Å². The van der Waals surface area contributed by atoms with E-state index in [1.54, 1.807) is 24.3 Å². The lowest BCUT2D eigenvalue weighted by atomic mass is 10.1. The van der Waals surface area contributed by atoms with Crippen LogP contribution in [0.4, 0.5) is 0 Å². The fourth-order valence-electron chi connectivity index (χ4n) is 1.17. The highest BCUT2D eigenvalue weighted by Gasteiger charge is 2.04. The first-order chi connectivity index (χ1) is 8.13. The summed E-state index contributed by atoms with van der Waals surface area (Å²) in [7, 11) is 0. The Bertz CT molecular complexity index is 411. The second-order valence-corrected chi connectivity index (χ2v) is 3.34. The number of hydrogen-bond donors (Lipinski definition) is 1. The summed E-state index contributed by atoms with van der Waals surface area (Å²) in [5.41, 5.74) is 0.972. The van der Waals surface area contributed by atoms with Crippen LogP contribution in [0.1, 0.15) is 27.6 Å². The molecule has 0 saturated heterocycles. The van der Waals surface area contributed by atoms with E-state index in [0.29, 0.717) is 17.4 Å². The van der Waals surface area contributed by atoms with E-state index in [0.717, 1.165) is 0 Å². The number of carbonyl (C=O) groups is 3. The summed E-state index contributed by atoms with van der Waals surface area (Å²) in [5.74, 6) is -0.649. The topological polar surface area (TPSA) is 72.5 Å². The van der Waals surface area contributed by atoms with Crippen LogP contribution in [0, 0.1) is 0 Å². The fraction of sp³-hybridized carbons (Fsp3) is 0.250. The number of rotatable bonds is 5. The molecule has 0 atom stereocenters. The van der Waals surface area contributed by atoms with E-state index in [1.807, 2.05) is 0 Å². The molecule has 0 aromatic heterocycles. The SMILES string of the molecule is CC(=O)OCCNC(=O)c1ccc(C=O)cc1. The van der Waals surface area contributed by atoms with Crippen LogP contribution in [0.2, 0.25) is 0 Å². The molecule has 0 fully saturated rings. The average molecular weight is 235 g/mol. The standard InChI is InChI=1S/C12H13NO4/c1-9(15)17-7-6-13-12(16)11-4-2-10(8-14)3-5-11/h2-5,8H,6-7H2,1H3,(H,13,16). The Labute approximate surface area is 98.8 Å². The van der Waals surface area contributed by atoms with Gasteiger partial charge in [-0.2, -0.15) is 0 Å². The molecule has 0 unspecified atom stereocenters. The Kier molecular flexibility index (Phi) is 4.87. The third-order valence-electron chi connectivity index (χ3n) is 2.00. The van der Waals surface area contributed by atoms with Crippen molar-refractivity contribution in [3.05, 3.63) is 35.4 Å². The predicted molar refractivity (Wildman–Crippen MR) is 60.8 cm³/mol. The lowest BCUT2D eigenvalue weighted by Gasteiger charge is -2.05. The van der Waals surface area contributed by atoms with Crippen molar-refractivity contribution >= 4 is 18.2 Å². The minimum atomic E-state index is -0.380. The van der Waals surface area contributed by atoms with Crippen molar-refractivity contribution in [2.75, 3.05) is 13.2 Å². The van der Waals surface area contributed by atoms with Crippen molar-refractivity contribution in [1.82, 2.24) is 5.32 Å². The van der Waals surface area contributed by atoms with Gasteiger partial charge in [-0.05, 0) is 12.1 Å². The molecular weight excluding hydrogens is 222 g/mol. The van der Waals surface area contributed by atoms with Gasteiger partial charge >= 0.3 is 5.97 Å². The van der Waals surface area contributed by atoms with Crippen molar-refractivity contribution in [3.63, 3.8) is 0 Å². The van der Waals surface area contributed by atoms with E-state index in [1.165, 1.54) is 6.92 Å². The molecule has 0 saturated carbocycles. The maximum Gasteiger partial charge on any atom is 0.302 e. The lowest BCUT2D eigenvalue weighted by molar-refractivity contribution is -0.140. The van der Waals surface area contributed by atoms with E-state index in [9.17, 15) is 14.4 Å². The second kappa shape index (κ2) is 6.42. The van der Waals surface area contributed by atoms with Crippen LogP contribution in [-0.4, -0.2) is 31.3 Å². The van der Waals surface area contributed by atoms with Crippen molar-refractivity contribution in [2.45, 2.75) is 6.92 Å². The average Bonchev–Trinajstić information content (AvgIpc) is 2.34. The summed E-state index contributed by atoms with van der Waals surface area (Å²) in [6.45, 7) is 1.71. The zero-order chi connectivity index (χ0) is 12.7. The van der Waals surface area contributed by atoms with Crippen molar-refractivity contribution < 1.29 is 19.1 Å². The molecule has 5 nitrogen and oxygen atoms in total. The quantitative estimate of drug-likeness (QED) is 0.465. The van der Waals surface area contributed by atoms with E-state index >= 15 is 0 Å². The zero-order valence-corrected chi connectivity index (χ0v) is 9.43. The highest BCUT2D eigenvalue weighted by Crippen LogP contribution is 2.01. The highest BCUT2D eigenvalue weighted by molar-refractivity contribution is 5.94. The fourth-order valence-corrected chi connectivity index (χ4v) is 1.17. The minimum Gasteiger partial charge on any atom is -0.464 e. The maximum absolute atomic E-state index is 11.5. The summed E-state index contributed by atoms with van der Waals surface area (Å²) in [6.07, 6.45) is 0.711. The van der Waals surface area contributed by atoms with Gasteiger partial charge in [-0.15, -0.1) is 0 Å². The molecule has 0 aliphatic carbocycles. The molecule has 0 aliphatic rings. The van der Waals surface area contributed by atoms with Gasteiger partial charge in [0, 0.05) is 18.1 Å². The van der Waals surface area contributed by atoms with E-state index in [4.69, 9.17) is 0 Å². The van der Waals surface area contributed by atoms with Crippen LogP contribution in [0.3, 0.4) is 0 Å². The van der Waals surface area contributed by atoms with Gasteiger partial charge < -0.3 is 10.1 Å². The van der Waals surface area contributed by atoms with Gasteiger partial charge in [0.2, 0.25) is 0 Å². The first-order valence-electron chi connectivity index (χ1n) is 5.10. The normalized spacial score (nSPS) is 9.47. The molecule has 1 N–H and O–H groups in total. The first-order valence-corrected chi connectivity index (χ1v) is 5.10. The Hall–Kier alpha value is -2.17. The van der Waals surface area contributed by atoms with Gasteiger partial charge in [0.05, 0.1) is 6.54 Å². The zero-order valence-electron chi connectivity index (χ0n) is 9.43. The number of carbonyl (C=O) groups excluding carboxylic acids is 3. The summed E-state index contributed by atoms with van der Waals surface area (Å²) in [4.78, 5) is 32.4. The van der Waals surface area contributed by atoms with Crippen molar-refractivity contribution in [1.29, 1.82) is 0 Å². The molecule has 1 rings (SSSR count). The van der Waals surface area contributed by atoms with Gasteiger partial charge in [-0.1, -0.05) is 12.1 Å². The van der Waals surface area contributed by atoms with Gasteiger partial charge in [0.1, 0.15) is 12.9 Å². The molecule has 1 amide bonds. The number of nitrogens with one attached hydrogen (secondary N) is 1. The Morgan fingerprint density at radius 3 is 2.47 bits per heavy atom. The van der Waals surface area contributed by atoms with Gasteiger partial charge in [0.25, 0.3) is 5.91 Å². The Balaban J connectivity index is 2.41. The van der Waals surface area contributed by atoms with Crippen LogP contribution < -0.4 is 5.32 Å². The second-order valence-electron chi connectivity index (χ2n) is 3.34. The van der Waals surface area contributed by atoms with Crippen LogP contribution in [0.25, 0.3) is 0 Å². The van der Waals surface area contributed by atoms with Gasteiger partial charge in [-0.25, -0.2) is 0 Å². The van der Waals surface area contributed by atoms with Crippen molar-refractivity contribution in [3.8, 4) is 0 Å². The van der Waals surface area contributed by atoms with Crippen LogP contribution >= 0.6 is 0 Å². The number of amides is 1. The summed E-state index contributed by atoms with van der Waals surface area (Å²) < 4.78 is 4.66. The third-order valence-corrected chi connectivity index (χ3v) is 2.00. The molecule has 17 heavy (non-hydrogen) atoms. The van der Waals surface area contributed by atoms with Crippen LogP contribution in [-0.2, 0) is 9.53 Å². The third kappa shape index (κ3) is 4.46. The molecule has 0 aliphatic heterocycles. The molecule has 5 heteroatoms. The maximum atomic E-state index is 11.5. The summed E-state index contributed by atoms with van der Waals surface area (Å²) in [6, 6.07) is 6.25. The lowest BCUT2D eigenvalue weighted by Crippen LogP contribution is -2.27. The Morgan fingerprint density at radius 1 is 1.29 bits per heavy atom. The monoisotopic (exact) mass is 235 g/mol. The number of ether oxygens (including phenoxy) is 1. The largest absolute Gasteiger partial charge is 0.464 e. The molecule has 90 valence electrons. The molecule has 1 aromatic carbocycles. The number of hydrogen-bond acceptors (Lipinski definition) is 4. The number of esters is 1. The smallest absolute Gasteiger partial charge is 0.302 e. The predicted octanol–water partition coefficient (Wildman–Crippen LogP) is 0.792. The van der Waals surface area contributed by atoms with Crippen LogP contribution in [0.5, 0.6) is 0 Å². The summed E-state index contributed by atoms with van der Waals surface area (Å²) >= 11 is 0. The molecule has 0 spiro atoms. The van der Waals surface area contributed by atoms with Crippen LogP contribution in [0.15, 0.2) is 24.3 Å². The van der Waals surface area contributed by atoms with E-state index in [-0.39, 0.29) is 25.0 Å². The first kappa shape index (κ1) is 12.9.